The van der Waals surface area contributed by atoms with Crippen molar-refractivity contribution in [1.29, 1.82) is 0 Å². The first-order chi connectivity index (χ1) is 9.54. The molecule has 2 nitrogen and oxygen atoms in total. The lowest BCUT2D eigenvalue weighted by atomic mass is 9.80. The molecular weight excluding hydrogens is 258 g/mol. The summed E-state index contributed by atoms with van der Waals surface area (Å²) in [5.74, 6) is -2.12. The molecule has 0 saturated heterocycles. The molecule has 1 aromatic heterocycles. The molecule has 1 aliphatic rings. The van der Waals surface area contributed by atoms with Gasteiger partial charge in [0.1, 0.15) is 0 Å². The zero-order valence-corrected chi connectivity index (χ0v) is 12.3. The molecule has 0 radical (unpaired) electrons. The Bertz CT molecular complexity index is 407. The zero-order chi connectivity index (χ0) is 14.6. The van der Waals surface area contributed by atoms with Crippen LogP contribution >= 0.6 is 0 Å². The summed E-state index contributed by atoms with van der Waals surface area (Å²) in [6, 6.07) is 4.40. The normalized spacial score (nSPS) is 20.8. The number of pyridine rings is 1. The predicted octanol–water partition coefficient (Wildman–Crippen LogP) is 3.60. The molecule has 0 aliphatic heterocycles. The molecule has 0 amide bonds. The molecular formula is C16H24F2N2. The van der Waals surface area contributed by atoms with Gasteiger partial charge in [-0.05, 0) is 43.9 Å². The molecule has 1 saturated carbocycles. The minimum Gasteiger partial charge on any atom is -0.316 e. The van der Waals surface area contributed by atoms with Crippen LogP contribution in [0.2, 0.25) is 0 Å². The average Bonchev–Trinajstić information content (AvgIpc) is 2.46. The van der Waals surface area contributed by atoms with Crippen LogP contribution in [0.3, 0.4) is 0 Å². The van der Waals surface area contributed by atoms with Crippen molar-refractivity contribution in [1.82, 2.24) is 10.3 Å². The average molecular weight is 282 g/mol. The fourth-order valence-electron chi connectivity index (χ4n) is 2.98. The van der Waals surface area contributed by atoms with Crippen molar-refractivity contribution < 1.29 is 8.78 Å². The number of hydrogen-bond acceptors (Lipinski definition) is 2. The number of hydrogen-bond donors (Lipinski definition) is 1. The van der Waals surface area contributed by atoms with Crippen LogP contribution in [-0.2, 0) is 12.8 Å². The van der Waals surface area contributed by atoms with E-state index in [9.17, 15) is 8.78 Å². The number of alkyl halides is 2. The lowest BCUT2D eigenvalue weighted by Crippen LogP contribution is -2.39. The number of rotatable bonds is 5. The molecule has 1 unspecified atom stereocenters. The SMILES string of the molecule is CCc1ccc(CC(NC)C2CCC(F)(F)CC2)nc1. The van der Waals surface area contributed by atoms with Crippen LogP contribution in [0.4, 0.5) is 8.78 Å². The summed E-state index contributed by atoms with van der Waals surface area (Å²) in [5, 5.41) is 3.29. The van der Waals surface area contributed by atoms with Crippen molar-refractivity contribution in [3.8, 4) is 0 Å². The van der Waals surface area contributed by atoms with Crippen LogP contribution in [0.5, 0.6) is 0 Å². The second kappa shape index (κ2) is 6.61. The van der Waals surface area contributed by atoms with E-state index in [1.54, 1.807) is 0 Å². The van der Waals surface area contributed by atoms with Gasteiger partial charge in [-0.25, -0.2) is 8.78 Å². The fourth-order valence-corrected chi connectivity index (χ4v) is 2.98. The summed E-state index contributed by atoms with van der Waals surface area (Å²) in [6.45, 7) is 2.11. The van der Waals surface area contributed by atoms with Gasteiger partial charge in [0, 0.05) is 37.2 Å². The van der Waals surface area contributed by atoms with Gasteiger partial charge >= 0.3 is 0 Å². The van der Waals surface area contributed by atoms with Crippen LogP contribution < -0.4 is 5.32 Å². The van der Waals surface area contributed by atoms with E-state index < -0.39 is 5.92 Å². The van der Waals surface area contributed by atoms with Gasteiger partial charge in [-0.2, -0.15) is 0 Å². The molecule has 20 heavy (non-hydrogen) atoms. The molecule has 1 heterocycles. The van der Waals surface area contributed by atoms with Gasteiger partial charge in [0.05, 0.1) is 0 Å². The minimum atomic E-state index is -2.45. The first-order valence-corrected chi connectivity index (χ1v) is 7.53. The number of nitrogens with zero attached hydrogens (tertiary/aromatic N) is 1. The highest BCUT2D eigenvalue weighted by Crippen LogP contribution is 2.37. The second-order valence-electron chi connectivity index (χ2n) is 5.80. The molecule has 1 aliphatic carbocycles. The topological polar surface area (TPSA) is 24.9 Å². The zero-order valence-electron chi connectivity index (χ0n) is 12.3. The van der Waals surface area contributed by atoms with Crippen LogP contribution in [0, 0.1) is 5.92 Å². The monoisotopic (exact) mass is 282 g/mol. The molecule has 4 heteroatoms. The summed E-state index contributed by atoms with van der Waals surface area (Å²) < 4.78 is 26.4. The van der Waals surface area contributed by atoms with Crippen LogP contribution in [0.15, 0.2) is 18.3 Å². The second-order valence-corrected chi connectivity index (χ2v) is 5.80. The van der Waals surface area contributed by atoms with Crippen molar-refractivity contribution in [2.24, 2.45) is 5.92 Å². The Kier molecular flexibility index (Phi) is 5.08. The van der Waals surface area contributed by atoms with E-state index in [4.69, 9.17) is 0 Å². The standard InChI is InChI=1S/C16H24F2N2/c1-3-12-4-5-14(20-11-12)10-15(19-2)13-6-8-16(17,18)9-7-13/h4-5,11,13,15,19H,3,6-10H2,1-2H3. The van der Waals surface area contributed by atoms with Gasteiger partial charge in [0.15, 0.2) is 0 Å². The van der Waals surface area contributed by atoms with Gasteiger partial charge < -0.3 is 5.32 Å². The molecule has 2 rings (SSSR count). The minimum absolute atomic E-state index is 0.0258. The van der Waals surface area contributed by atoms with Crippen molar-refractivity contribution in [2.45, 2.75) is 57.4 Å². The maximum atomic E-state index is 13.2. The van der Waals surface area contributed by atoms with Gasteiger partial charge in [0.2, 0.25) is 5.92 Å². The van der Waals surface area contributed by atoms with Crippen molar-refractivity contribution in [3.63, 3.8) is 0 Å². The lowest BCUT2D eigenvalue weighted by molar-refractivity contribution is -0.0493. The maximum absolute atomic E-state index is 13.2. The van der Waals surface area contributed by atoms with Crippen molar-refractivity contribution in [2.75, 3.05) is 7.05 Å². The van der Waals surface area contributed by atoms with E-state index in [0.717, 1.165) is 18.5 Å². The van der Waals surface area contributed by atoms with E-state index in [-0.39, 0.29) is 18.9 Å². The highest BCUT2D eigenvalue weighted by molar-refractivity contribution is 5.15. The molecule has 0 spiro atoms. The van der Waals surface area contributed by atoms with Crippen LogP contribution in [0.1, 0.15) is 43.9 Å². The Morgan fingerprint density at radius 1 is 1.35 bits per heavy atom. The number of nitrogens with one attached hydrogen (secondary N) is 1. The lowest BCUT2D eigenvalue weighted by Gasteiger charge is -2.33. The van der Waals surface area contributed by atoms with Gasteiger partial charge in [-0.3, -0.25) is 4.98 Å². The summed E-state index contributed by atoms with van der Waals surface area (Å²) in [6.07, 6.45) is 4.97. The van der Waals surface area contributed by atoms with Crippen molar-refractivity contribution >= 4 is 0 Å². The van der Waals surface area contributed by atoms with Crippen LogP contribution in [0.25, 0.3) is 0 Å². The first kappa shape index (κ1) is 15.4. The summed E-state index contributed by atoms with van der Waals surface area (Å²) in [5.41, 5.74) is 2.27. The van der Waals surface area contributed by atoms with Gasteiger partial charge in [-0.1, -0.05) is 13.0 Å². The van der Waals surface area contributed by atoms with E-state index in [2.05, 4.69) is 29.4 Å². The number of aromatic nitrogens is 1. The maximum Gasteiger partial charge on any atom is 0.248 e. The molecule has 1 aromatic rings. The highest BCUT2D eigenvalue weighted by atomic mass is 19.3. The molecule has 1 N–H and O–H groups in total. The van der Waals surface area contributed by atoms with Gasteiger partial charge in [-0.15, -0.1) is 0 Å². The van der Waals surface area contributed by atoms with Crippen LogP contribution in [-0.4, -0.2) is 24.0 Å². The molecule has 0 aromatic carbocycles. The molecule has 112 valence electrons. The Morgan fingerprint density at radius 3 is 2.55 bits per heavy atom. The fraction of sp³-hybridized carbons (Fsp3) is 0.688. The number of aryl methyl sites for hydroxylation is 1. The number of likely N-dealkylation sites (N-methyl/N-ethyl adjacent to an activating group) is 1. The molecule has 1 atom stereocenters. The quantitative estimate of drug-likeness (QED) is 0.892. The third-order valence-electron chi connectivity index (χ3n) is 4.42. The Hall–Kier alpha value is -1.03. The van der Waals surface area contributed by atoms with Gasteiger partial charge in [0.25, 0.3) is 0 Å². The first-order valence-electron chi connectivity index (χ1n) is 7.53. The molecule has 0 bridgehead atoms. The summed E-state index contributed by atoms with van der Waals surface area (Å²) >= 11 is 0. The third kappa shape index (κ3) is 3.98. The smallest absolute Gasteiger partial charge is 0.248 e. The third-order valence-corrected chi connectivity index (χ3v) is 4.42. The predicted molar refractivity (Wildman–Crippen MR) is 77.1 cm³/mol. The Labute approximate surface area is 120 Å². The van der Waals surface area contributed by atoms with E-state index >= 15 is 0 Å². The van der Waals surface area contributed by atoms with E-state index in [0.29, 0.717) is 18.8 Å². The van der Waals surface area contributed by atoms with E-state index in [1.807, 2.05) is 13.2 Å². The summed E-state index contributed by atoms with van der Waals surface area (Å²) in [7, 11) is 1.91. The Balaban J connectivity index is 1.94. The van der Waals surface area contributed by atoms with Crippen molar-refractivity contribution in [3.05, 3.63) is 29.6 Å². The summed E-state index contributed by atoms with van der Waals surface area (Å²) in [4.78, 5) is 4.47. The van der Waals surface area contributed by atoms with E-state index in [1.165, 1.54) is 5.56 Å². The Morgan fingerprint density at radius 2 is 2.05 bits per heavy atom. The largest absolute Gasteiger partial charge is 0.316 e. The number of halogens is 2. The molecule has 1 fully saturated rings. The highest BCUT2D eigenvalue weighted by Gasteiger charge is 2.37.